The molecule has 1 aliphatic heterocycles. The summed E-state index contributed by atoms with van der Waals surface area (Å²) in [6, 6.07) is 13.8. The van der Waals surface area contributed by atoms with E-state index in [0.29, 0.717) is 23.8 Å². The van der Waals surface area contributed by atoms with Crippen molar-refractivity contribution in [2.24, 2.45) is 0 Å². The molecule has 0 radical (unpaired) electrons. The number of hydrogen-bond acceptors (Lipinski definition) is 6. The number of ether oxygens (including phenoxy) is 1. The lowest BCUT2D eigenvalue weighted by molar-refractivity contribution is 0.0917. The van der Waals surface area contributed by atoms with Crippen molar-refractivity contribution in [3.05, 3.63) is 79.4 Å². The molecule has 1 amide bonds. The van der Waals surface area contributed by atoms with Gasteiger partial charge in [-0.2, -0.15) is 4.31 Å². The van der Waals surface area contributed by atoms with E-state index < -0.39 is 10.0 Å². The Morgan fingerprint density at radius 1 is 1.12 bits per heavy atom. The summed E-state index contributed by atoms with van der Waals surface area (Å²) in [6.07, 6.45) is 4.85. The first-order chi connectivity index (χ1) is 16.4. The van der Waals surface area contributed by atoms with E-state index >= 15 is 0 Å². The average molecular weight is 498 g/mol. The zero-order valence-corrected chi connectivity index (χ0v) is 20.4. The highest BCUT2D eigenvalue weighted by Crippen LogP contribution is 2.31. The second-order valence-electron chi connectivity index (χ2n) is 7.94. The van der Waals surface area contributed by atoms with E-state index in [2.05, 4.69) is 18.1 Å². The minimum absolute atomic E-state index is 0.0537. The second kappa shape index (κ2) is 10.6. The Morgan fingerprint density at radius 3 is 2.44 bits per heavy atom. The molecule has 3 aromatic rings. The van der Waals surface area contributed by atoms with Crippen LogP contribution in [0.3, 0.4) is 0 Å². The molecule has 0 aliphatic carbocycles. The highest BCUT2D eigenvalue weighted by molar-refractivity contribution is 7.89. The summed E-state index contributed by atoms with van der Waals surface area (Å²) in [5.74, 6) is -0.243. The number of nitrogens with zero attached hydrogens (tertiary/aromatic N) is 3. The van der Waals surface area contributed by atoms with Crippen LogP contribution in [0, 0.1) is 0 Å². The Kier molecular flexibility index (Phi) is 7.57. The van der Waals surface area contributed by atoms with E-state index in [4.69, 9.17) is 4.74 Å². The van der Waals surface area contributed by atoms with Gasteiger partial charge < -0.3 is 4.74 Å². The van der Waals surface area contributed by atoms with Crippen LogP contribution in [0.2, 0.25) is 0 Å². The lowest BCUT2D eigenvalue weighted by Gasteiger charge is -2.23. The number of thiazole rings is 1. The van der Waals surface area contributed by atoms with Gasteiger partial charge in [0.1, 0.15) is 0 Å². The number of aromatic nitrogens is 1. The summed E-state index contributed by atoms with van der Waals surface area (Å²) in [5, 5.41) is 0.599. The molecule has 0 spiro atoms. The Balaban J connectivity index is 1.63. The Hall–Kier alpha value is -2.85. The molecule has 2 aromatic carbocycles. The van der Waals surface area contributed by atoms with Gasteiger partial charge in [-0.1, -0.05) is 35.6 Å². The molecule has 7 nitrogen and oxygen atoms in total. The fraction of sp³-hybridized carbons (Fsp3) is 0.280. The van der Waals surface area contributed by atoms with Crippen LogP contribution in [-0.2, 0) is 14.8 Å². The normalized spacial score (nSPS) is 16.1. The van der Waals surface area contributed by atoms with Crippen molar-refractivity contribution in [1.29, 1.82) is 0 Å². The van der Waals surface area contributed by atoms with Crippen LogP contribution in [0.4, 0.5) is 5.13 Å². The summed E-state index contributed by atoms with van der Waals surface area (Å²) < 4.78 is 34.0. The van der Waals surface area contributed by atoms with Gasteiger partial charge in [-0.15, -0.1) is 13.2 Å². The van der Waals surface area contributed by atoms with Gasteiger partial charge in [0, 0.05) is 25.3 Å². The van der Waals surface area contributed by atoms with Crippen molar-refractivity contribution in [2.45, 2.75) is 23.8 Å². The van der Waals surface area contributed by atoms with E-state index in [1.54, 1.807) is 17.0 Å². The number of para-hydroxylation sites is 1. The molecule has 178 valence electrons. The largest absolute Gasteiger partial charge is 0.376 e. The van der Waals surface area contributed by atoms with Gasteiger partial charge in [-0.25, -0.2) is 13.4 Å². The topological polar surface area (TPSA) is 79.8 Å². The lowest BCUT2D eigenvalue weighted by Crippen LogP contribution is -2.37. The molecule has 0 bridgehead atoms. The van der Waals surface area contributed by atoms with Crippen LogP contribution >= 0.6 is 11.3 Å². The van der Waals surface area contributed by atoms with Crippen LogP contribution < -0.4 is 4.90 Å². The van der Waals surface area contributed by atoms with Crippen LogP contribution in [0.15, 0.2) is 78.7 Å². The molecule has 34 heavy (non-hydrogen) atoms. The molecule has 4 rings (SSSR count). The Bertz CT molecular complexity index is 1240. The summed E-state index contributed by atoms with van der Waals surface area (Å²) in [4.78, 5) is 20.0. The van der Waals surface area contributed by atoms with Gasteiger partial charge in [0.15, 0.2) is 5.13 Å². The third-order valence-electron chi connectivity index (χ3n) is 5.57. The molecular weight excluding hydrogens is 470 g/mol. The Labute approximate surface area is 204 Å². The van der Waals surface area contributed by atoms with Gasteiger partial charge in [-0.05, 0) is 49.2 Å². The summed E-state index contributed by atoms with van der Waals surface area (Å²) in [5.41, 5.74) is 1.22. The third kappa shape index (κ3) is 5.12. The van der Waals surface area contributed by atoms with Gasteiger partial charge in [0.05, 0.1) is 27.8 Å². The molecular formula is C25H27N3O4S2. The molecule has 1 aliphatic rings. The van der Waals surface area contributed by atoms with E-state index in [1.165, 1.54) is 39.9 Å². The van der Waals surface area contributed by atoms with Crippen LogP contribution in [0.25, 0.3) is 10.2 Å². The predicted molar refractivity (Wildman–Crippen MR) is 136 cm³/mol. The third-order valence-corrected chi connectivity index (χ3v) is 8.48. The maximum absolute atomic E-state index is 13.6. The number of carbonyl (C=O) groups is 1. The van der Waals surface area contributed by atoms with Crippen LogP contribution in [-0.4, -0.2) is 56.0 Å². The molecule has 9 heteroatoms. The first-order valence-electron chi connectivity index (χ1n) is 11.0. The quantitative estimate of drug-likeness (QED) is 0.386. The summed E-state index contributed by atoms with van der Waals surface area (Å²) in [7, 11) is -3.74. The first-order valence-corrected chi connectivity index (χ1v) is 13.3. The minimum Gasteiger partial charge on any atom is -0.376 e. The number of hydrogen-bond donors (Lipinski definition) is 0. The maximum Gasteiger partial charge on any atom is 0.260 e. The van der Waals surface area contributed by atoms with Gasteiger partial charge >= 0.3 is 0 Å². The van der Waals surface area contributed by atoms with E-state index in [0.717, 1.165) is 23.1 Å². The van der Waals surface area contributed by atoms with Crippen molar-refractivity contribution in [1.82, 2.24) is 9.29 Å². The van der Waals surface area contributed by atoms with Crippen molar-refractivity contribution < 1.29 is 17.9 Å². The summed E-state index contributed by atoms with van der Waals surface area (Å²) >= 11 is 1.45. The first kappa shape index (κ1) is 24.3. The van der Waals surface area contributed by atoms with Gasteiger partial charge in [0.25, 0.3) is 5.91 Å². The number of sulfonamides is 1. The van der Waals surface area contributed by atoms with Crippen LogP contribution in [0.1, 0.15) is 23.2 Å². The van der Waals surface area contributed by atoms with Crippen molar-refractivity contribution >= 4 is 42.6 Å². The SMILES string of the molecule is C=CCN(CC=C)S(=O)(=O)c1ccc(C(=O)N(CC2CCCO2)c2nc3ccccc3s2)cc1. The molecule has 1 saturated heterocycles. The molecule has 1 unspecified atom stereocenters. The number of benzene rings is 2. The number of carbonyl (C=O) groups excluding carboxylic acids is 1. The zero-order chi connectivity index (χ0) is 24.1. The Morgan fingerprint density at radius 2 is 1.82 bits per heavy atom. The number of anilines is 1. The van der Waals surface area contributed by atoms with Crippen molar-refractivity contribution in [3.63, 3.8) is 0 Å². The molecule has 0 saturated carbocycles. The summed E-state index contributed by atoms with van der Waals surface area (Å²) in [6.45, 7) is 8.67. The number of fused-ring (bicyclic) bond motifs is 1. The highest BCUT2D eigenvalue weighted by atomic mass is 32.2. The zero-order valence-electron chi connectivity index (χ0n) is 18.8. The van der Waals surface area contributed by atoms with E-state index in [1.807, 2.05) is 24.3 Å². The fourth-order valence-electron chi connectivity index (χ4n) is 3.85. The maximum atomic E-state index is 13.6. The molecule has 0 N–H and O–H groups in total. The smallest absolute Gasteiger partial charge is 0.260 e. The number of amides is 1. The highest BCUT2D eigenvalue weighted by Gasteiger charge is 2.28. The second-order valence-corrected chi connectivity index (χ2v) is 10.9. The van der Waals surface area contributed by atoms with Gasteiger partial charge in [-0.3, -0.25) is 9.69 Å². The standard InChI is InChI=1S/C25H27N3O4S2/c1-3-15-27(16-4-2)34(30,31)21-13-11-19(12-14-21)24(29)28(18-20-8-7-17-32-20)25-26-22-9-5-6-10-23(22)33-25/h3-6,9-14,20H,1-2,7-8,15-18H2. The predicted octanol–water partition coefficient (Wildman–Crippen LogP) is 4.48. The molecule has 1 atom stereocenters. The van der Waals surface area contributed by atoms with Crippen molar-refractivity contribution in [2.75, 3.05) is 31.1 Å². The minimum atomic E-state index is -3.74. The van der Waals surface area contributed by atoms with Gasteiger partial charge in [0.2, 0.25) is 10.0 Å². The lowest BCUT2D eigenvalue weighted by atomic mass is 10.2. The van der Waals surface area contributed by atoms with Crippen molar-refractivity contribution in [3.8, 4) is 0 Å². The van der Waals surface area contributed by atoms with Crippen LogP contribution in [0.5, 0.6) is 0 Å². The molecule has 2 heterocycles. The average Bonchev–Trinajstić information content (AvgIpc) is 3.51. The number of rotatable bonds is 10. The van der Waals surface area contributed by atoms with E-state index in [-0.39, 0.29) is 30.0 Å². The molecule has 1 fully saturated rings. The fourth-order valence-corrected chi connectivity index (χ4v) is 6.20. The molecule has 1 aromatic heterocycles. The van der Waals surface area contributed by atoms with E-state index in [9.17, 15) is 13.2 Å². The monoisotopic (exact) mass is 497 g/mol.